The van der Waals surface area contributed by atoms with Gasteiger partial charge in [0, 0.05) is 19.6 Å². The van der Waals surface area contributed by atoms with Crippen LogP contribution in [-0.2, 0) is 0 Å². The van der Waals surface area contributed by atoms with Crippen LogP contribution in [0.25, 0.3) is 0 Å². The largest absolute Gasteiger partial charge is 0.255 e. The summed E-state index contributed by atoms with van der Waals surface area (Å²) < 4.78 is 0. The predicted molar refractivity (Wildman–Crippen MR) is 32.8 cm³/mol. The van der Waals surface area contributed by atoms with Gasteiger partial charge in [-0.2, -0.15) is 5.12 Å². The lowest BCUT2D eigenvalue weighted by molar-refractivity contribution is 0.0325. The summed E-state index contributed by atoms with van der Waals surface area (Å²) in [5, 5.41) is 3.93. The summed E-state index contributed by atoms with van der Waals surface area (Å²) in [5.41, 5.74) is 0. The van der Waals surface area contributed by atoms with Crippen molar-refractivity contribution in [1.29, 1.82) is 0 Å². The summed E-state index contributed by atoms with van der Waals surface area (Å²) >= 11 is 0. The summed E-state index contributed by atoms with van der Waals surface area (Å²) in [6.07, 6.45) is 1.21. The van der Waals surface area contributed by atoms with Gasteiger partial charge in [-0.3, -0.25) is 5.84 Å². The van der Waals surface area contributed by atoms with E-state index in [1.807, 2.05) is 0 Å². The summed E-state index contributed by atoms with van der Waals surface area (Å²) in [6, 6.07) is 0. The van der Waals surface area contributed by atoms with Crippen molar-refractivity contribution < 1.29 is 0 Å². The van der Waals surface area contributed by atoms with Crippen LogP contribution in [0.3, 0.4) is 0 Å². The molecule has 0 bridgehead atoms. The van der Waals surface area contributed by atoms with Crippen LogP contribution in [0.1, 0.15) is 13.3 Å². The molecule has 48 valence electrons. The molecule has 8 heavy (non-hydrogen) atoms. The Morgan fingerprint density at radius 2 is 2.25 bits per heavy atom. The Morgan fingerprint density at radius 3 is 2.50 bits per heavy atom. The van der Waals surface area contributed by atoms with Gasteiger partial charge in [0.1, 0.15) is 0 Å². The van der Waals surface area contributed by atoms with Gasteiger partial charge in [0.2, 0.25) is 0 Å². The highest BCUT2D eigenvalue weighted by molar-refractivity contribution is 4.59. The molecule has 0 unspecified atom stereocenters. The molecule has 0 aliphatic carbocycles. The van der Waals surface area contributed by atoms with Gasteiger partial charge < -0.3 is 0 Å². The van der Waals surface area contributed by atoms with Crippen molar-refractivity contribution in [2.75, 3.05) is 19.6 Å². The minimum atomic E-state index is 1.02. The van der Waals surface area contributed by atoms with Crippen molar-refractivity contribution in [2.24, 2.45) is 5.84 Å². The quantitative estimate of drug-likeness (QED) is 0.480. The molecule has 2 N–H and O–H groups in total. The second-order valence-corrected chi connectivity index (χ2v) is 2.06. The number of rotatable bonds is 1. The zero-order valence-electron chi connectivity index (χ0n) is 5.30. The first-order chi connectivity index (χ1) is 3.84. The summed E-state index contributed by atoms with van der Waals surface area (Å²) in [4.78, 5) is 0. The summed E-state index contributed by atoms with van der Waals surface area (Å²) in [7, 11) is 0. The Balaban J connectivity index is 2.30. The van der Waals surface area contributed by atoms with E-state index in [2.05, 4.69) is 11.9 Å². The second kappa shape index (κ2) is 2.44. The second-order valence-electron chi connectivity index (χ2n) is 2.06. The lowest BCUT2D eigenvalue weighted by atomic mass is 10.5. The van der Waals surface area contributed by atoms with Crippen LogP contribution in [0.5, 0.6) is 0 Å². The lowest BCUT2D eigenvalue weighted by Gasteiger charge is -2.20. The standard InChI is InChI=1S/C5H13N3/c1-2-7-4-3-5-8(7)6/h2-6H2,1H3. The Bertz CT molecular complexity index is 74.1. The first kappa shape index (κ1) is 6.01. The third-order valence-electron chi connectivity index (χ3n) is 1.53. The van der Waals surface area contributed by atoms with Gasteiger partial charge in [-0.05, 0) is 6.42 Å². The van der Waals surface area contributed by atoms with E-state index in [9.17, 15) is 0 Å². The van der Waals surface area contributed by atoms with Gasteiger partial charge in [-0.1, -0.05) is 6.92 Å². The molecule has 0 atom stereocenters. The third kappa shape index (κ3) is 0.992. The van der Waals surface area contributed by atoms with Crippen LogP contribution >= 0.6 is 0 Å². The van der Waals surface area contributed by atoms with Crippen molar-refractivity contribution in [2.45, 2.75) is 13.3 Å². The number of nitrogens with zero attached hydrogens (tertiary/aromatic N) is 2. The molecular weight excluding hydrogens is 102 g/mol. The van der Waals surface area contributed by atoms with Gasteiger partial charge in [0.05, 0.1) is 0 Å². The molecule has 0 aromatic carbocycles. The van der Waals surface area contributed by atoms with Crippen molar-refractivity contribution in [1.82, 2.24) is 10.1 Å². The van der Waals surface area contributed by atoms with Crippen LogP contribution in [0, 0.1) is 0 Å². The van der Waals surface area contributed by atoms with Gasteiger partial charge >= 0.3 is 0 Å². The van der Waals surface area contributed by atoms with E-state index >= 15 is 0 Å². The van der Waals surface area contributed by atoms with Crippen molar-refractivity contribution in [3.8, 4) is 0 Å². The average Bonchev–Trinajstić information content (AvgIpc) is 2.14. The topological polar surface area (TPSA) is 32.5 Å². The van der Waals surface area contributed by atoms with E-state index in [0.29, 0.717) is 0 Å². The summed E-state index contributed by atoms with van der Waals surface area (Å²) in [5.74, 6) is 5.55. The molecule has 1 aliphatic rings. The molecule has 0 saturated carbocycles. The van der Waals surface area contributed by atoms with Crippen LogP contribution < -0.4 is 5.84 Å². The van der Waals surface area contributed by atoms with Crippen LogP contribution in [0.4, 0.5) is 0 Å². The van der Waals surface area contributed by atoms with E-state index in [4.69, 9.17) is 5.84 Å². The first-order valence-corrected chi connectivity index (χ1v) is 3.11. The smallest absolute Gasteiger partial charge is 0.0300 e. The van der Waals surface area contributed by atoms with E-state index in [1.54, 1.807) is 5.12 Å². The number of hydrazine groups is 2. The highest BCUT2D eigenvalue weighted by Gasteiger charge is 2.15. The van der Waals surface area contributed by atoms with Gasteiger partial charge in [-0.15, -0.1) is 0 Å². The first-order valence-electron chi connectivity index (χ1n) is 3.11. The molecule has 1 heterocycles. The van der Waals surface area contributed by atoms with Gasteiger partial charge in [-0.25, -0.2) is 5.01 Å². The van der Waals surface area contributed by atoms with E-state index in [-0.39, 0.29) is 0 Å². The Kier molecular flexibility index (Phi) is 1.83. The van der Waals surface area contributed by atoms with Crippen molar-refractivity contribution in [3.63, 3.8) is 0 Å². The maximum absolute atomic E-state index is 5.55. The zero-order valence-corrected chi connectivity index (χ0v) is 5.30. The third-order valence-corrected chi connectivity index (χ3v) is 1.53. The molecule has 0 spiro atoms. The van der Waals surface area contributed by atoms with Crippen LogP contribution in [0.2, 0.25) is 0 Å². The number of nitrogens with two attached hydrogens (primary N) is 1. The van der Waals surface area contributed by atoms with Crippen molar-refractivity contribution in [3.05, 3.63) is 0 Å². The molecule has 1 saturated heterocycles. The predicted octanol–water partition coefficient (Wildman–Crippen LogP) is -0.197. The molecule has 0 aromatic rings. The fourth-order valence-corrected chi connectivity index (χ4v) is 1.02. The average molecular weight is 115 g/mol. The fourth-order valence-electron chi connectivity index (χ4n) is 1.02. The highest BCUT2D eigenvalue weighted by atomic mass is 15.8. The Morgan fingerprint density at radius 1 is 1.50 bits per heavy atom. The van der Waals surface area contributed by atoms with Crippen LogP contribution in [-0.4, -0.2) is 29.8 Å². The zero-order chi connectivity index (χ0) is 5.98. The van der Waals surface area contributed by atoms with Gasteiger partial charge in [0.15, 0.2) is 0 Å². The molecule has 1 rings (SSSR count). The van der Waals surface area contributed by atoms with Crippen LogP contribution in [0.15, 0.2) is 0 Å². The number of hydrogen-bond acceptors (Lipinski definition) is 3. The minimum Gasteiger partial charge on any atom is -0.255 e. The monoisotopic (exact) mass is 115 g/mol. The molecule has 0 aromatic heterocycles. The summed E-state index contributed by atoms with van der Waals surface area (Å²) in [6.45, 7) is 5.31. The molecule has 3 heteroatoms. The minimum absolute atomic E-state index is 1.02. The Labute approximate surface area is 50.0 Å². The van der Waals surface area contributed by atoms with Crippen molar-refractivity contribution >= 4 is 0 Å². The SMILES string of the molecule is CCN1CCCN1N. The molecule has 1 aliphatic heterocycles. The molecule has 0 amide bonds. The lowest BCUT2D eigenvalue weighted by Crippen LogP contribution is -2.41. The van der Waals surface area contributed by atoms with Gasteiger partial charge in [0.25, 0.3) is 0 Å². The fraction of sp³-hybridized carbons (Fsp3) is 1.00. The Hall–Kier alpha value is -0.120. The van der Waals surface area contributed by atoms with E-state index in [1.165, 1.54) is 6.42 Å². The van der Waals surface area contributed by atoms with E-state index in [0.717, 1.165) is 19.6 Å². The maximum Gasteiger partial charge on any atom is 0.0300 e. The molecule has 1 fully saturated rings. The normalized spacial score (nSPS) is 24.8. The number of hydrogen-bond donors (Lipinski definition) is 1. The molecule has 3 nitrogen and oxygen atoms in total. The maximum atomic E-state index is 5.55. The highest BCUT2D eigenvalue weighted by Crippen LogP contribution is 2.02. The molecular formula is C5H13N3. The van der Waals surface area contributed by atoms with E-state index < -0.39 is 0 Å². The molecule has 0 radical (unpaired) electrons.